The summed E-state index contributed by atoms with van der Waals surface area (Å²) in [7, 11) is 0. The van der Waals surface area contributed by atoms with E-state index in [0.29, 0.717) is 30.2 Å². The molecule has 2 N–H and O–H groups in total. The molecule has 0 aliphatic carbocycles. The third-order valence-electron chi connectivity index (χ3n) is 5.25. The van der Waals surface area contributed by atoms with E-state index in [2.05, 4.69) is 10.3 Å². The number of H-pyrrole nitrogens is 1. The zero-order chi connectivity index (χ0) is 19.5. The fourth-order valence-electron chi connectivity index (χ4n) is 3.78. The maximum Gasteiger partial charge on any atom is 0.229 e. The van der Waals surface area contributed by atoms with E-state index in [1.807, 2.05) is 41.4 Å². The average molecular weight is 396 g/mol. The van der Waals surface area contributed by atoms with E-state index < -0.39 is 0 Å². The Kier molecular flexibility index (Phi) is 5.35. The first-order valence-electron chi connectivity index (χ1n) is 9.49. The Balaban J connectivity index is 1.40. The predicted molar refractivity (Wildman–Crippen MR) is 111 cm³/mol. The van der Waals surface area contributed by atoms with Gasteiger partial charge in [0.2, 0.25) is 11.8 Å². The Morgan fingerprint density at radius 3 is 2.89 bits per heavy atom. The zero-order valence-corrected chi connectivity index (χ0v) is 16.2. The first-order valence-corrected chi connectivity index (χ1v) is 9.87. The third kappa shape index (κ3) is 4.04. The molecule has 2 amide bonds. The van der Waals surface area contributed by atoms with E-state index in [1.165, 1.54) is 0 Å². The van der Waals surface area contributed by atoms with Crippen molar-refractivity contribution in [1.82, 2.24) is 9.88 Å². The quantitative estimate of drug-likeness (QED) is 0.693. The van der Waals surface area contributed by atoms with Crippen LogP contribution in [0.5, 0.6) is 0 Å². The van der Waals surface area contributed by atoms with Crippen molar-refractivity contribution >= 4 is 40.0 Å². The van der Waals surface area contributed by atoms with Crippen LogP contribution in [0.2, 0.25) is 5.02 Å². The summed E-state index contributed by atoms with van der Waals surface area (Å²) in [6, 6.07) is 15.1. The van der Waals surface area contributed by atoms with Gasteiger partial charge in [0.25, 0.3) is 0 Å². The summed E-state index contributed by atoms with van der Waals surface area (Å²) < 4.78 is 0. The predicted octanol–water partition coefficient (Wildman–Crippen LogP) is 4.24. The number of piperidine rings is 1. The third-order valence-corrected chi connectivity index (χ3v) is 5.49. The monoisotopic (exact) mass is 395 g/mol. The van der Waals surface area contributed by atoms with Gasteiger partial charge in [0.1, 0.15) is 0 Å². The van der Waals surface area contributed by atoms with Crippen LogP contribution < -0.4 is 5.32 Å². The summed E-state index contributed by atoms with van der Waals surface area (Å²) in [4.78, 5) is 30.5. The number of benzene rings is 2. The van der Waals surface area contributed by atoms with Gasteiger partial charge in [-0.1, -0.05) is 35.9 Å². The van der Waals surface area contributed by atoms with Gasteiger partial charge in [-0.25, -0.2) is 0 Å². The normalized spacial score (nSPS) is 16.9. The van der Waals surface area contributed by atoms with E-state index in [1.54, 1.807) is 18.2 Å². The van der Waals surface area contributed by atoms with Gasteiger partial charge in [-0.15, -0.1) is 0 Å². The second-order valence-corrected chi connectivity index (χ2v) is 7.65. The second kappa shape index (κ2) is 8.07. The minimum atomic E-state index is -0.209. The number of carbonyl (C=O) groups is 2. The highest BCUT2D eigenvalue weighted by Gasteiger charge is 2.28. The van der Waals surface area contributed by atoms with Crippen LogP contribution in [0.15, 0.2) is 54.7 Å². The van der Waals surface area contributed by atoms with Crippen molar-refractivity contribution in [3.63, 3.8) is 0 Å². The van der Waals surface area contributed by atoms with Gasteiger partial charge in [0.05, 0.1) is 12.3 Å². The van der Waals surface area contributed by atoms with Crippen molar-refractivity contribution in [2.24, 2.45) is 5.92 Å². The average Bonchev–Trinajstić information content (AvgIpc) is 3.11. The summed E-state index contributed by atoms with van der Waals surface area (Å²) in [6.07, 6.45) is 3.85. The molecule has 1 aliphatic heterocycles. The standard InChI is InChI=1S/C22H22ClN3O2/c23-17-6-3-7-18(12-17)25-22(28)15-5-4-10-26(14-15)21(27)11-16-13-24-20-9-2-1-8-19(16)20/h1-3,6-9,12-13,15,24H,4-5,10-11,14H2,(H,25,28)/t15-/m1/s1. The molecule has 0 unspecified atom stereocenters. The molecule has 1 saturated heterocycles. The van der Waals surface area contributed by atoms with Gasteiger partial charge in [-0.3, -0.25) is 9.59 Å². The molecule has 1 aliphatic rings. The molecule has 0 saturated carbocycles. The number of fused-ring (bicyclic) bond motifs is 1. The van der Waals surface area contributed by atoms with E-state index in [0.717, 1.165) is 29.3 Å². The lowest BCUT2D eigenvalue weighted by molar-refractivity contribution is -0.133. The fraction of sp³-hybridized carbons (Fsp3) is 0.273. The Labute approximate surface area is 168 Å². The minimum Gasteiger partial charge on any atom is -0.361 e. The van der Waals surface area contributed by atoms with Gasteiger partial charge < -0.3 is 15.2 Å². The minimum absolute atomic E-state index is 0.0602. The largest absolute Gasteiger partial charge is 0.361 e. The first-order chi connectivity index (χ1) is 13.6. The number of nitrogens with zero attached hydrogens (tertiary/aromatic N) is 1. The van der Waals surface area contributed by atoms with Crippen molar-refractivity contribution in [2.75, 3.05) is 18.4 Å². The Hall–Kier alpha value is -2.79. The number of anilines is 1. The van der Waals surface area contributed by atoms with Gasteiger partial charge in [-0.2, -0.15) is 0 Å². The first kappa shape index (κ1) is 18.6. The number of aromatic amines is 1. The number of nitrogens with one attached hydrogen (secondary N) is 2. The fourth-order valence-corrected chi connectivity index (χ4v) is 3.97. The van der Waals surface area contributed by atoms with E-state index in [9.17, 15) is 9.59 Å². The molecular weight excluding hydrogens is 374 g/mol. The van der Waals surface area contributed by atoms with Crippen LogP contribution in [0.4, 0.5) is 5.69 Å². The van der Waals surface area contributed by atoms with Crippen LogP contribution in [-0.4, -0.2) is 34.8 Å². The van der Waals surface area contributed by atoms with Gasteiger partial charge in [0, 0.05) is 40.9 Å². The van der Waals surface area contributed by atoms with E-state index in [-0.39, 0.29) is 17.7 Å². The maximum absolute atomic E-state index is 12.8. The SMILES string of the molecule is O=C(Nc1cccc(Cl)c1)[C@@H]1CCCN(C(=O)Cc2c[nH]c3ccccc23)C1. The summed E-state index contributed by atoms with van der Waals surface area (Å²) >= 11 is 5.98. The lowest BCUT2D eigenvalue weighted by Gasteiger charge is -2.32. The van der Waals surface area contributed by atoms with Crippen LogP contribution >= 0.6 is 11.6 Å². The van der Waals surface area contributed by atoms with E-state index in [4.69, 9.17) is 11.6 Å². The number of halogens is 1. The topological polar surface area (TPSA) is 65.2 Å². The molecule has 2 aromatic carbocycles. The highest BCUT2D eigenvalue weighted by Crippen LogP contribution is 2.23. The number of hydrogen-bond acceptors (Lipinski definition) is 2. The van der Waals surface area contributed by atoms with Crippen LogP contribution in [0.25, 0.3) is 10.9 Å². The lowest BCUT2D eigenvalue weighted by atomic mass is 9.96. The molecule has 6 heteroatoms. The molecule has 2 heterocycles. The van der Waals surface area contributed by atoms with Crippen molar-refractivity contribution < 1.29 is 9.59 Å². The molecule has 4 rings (SSSR count). The maximum atomic E-state index is 12.8. The zero-order valence-electron chi connectivity index (χ0n) is 15.5. The molecule has 1 aromatic heterocycles. The molecule has 144 valence electrons. The van der Waals surface area contributed by atoms with Crippen LogP contribution in [0, 0.1) is 5.92 Å². The second-order valence-electron chi connectivity index (χ2n) is 7.21. The van der Waals surface area contributed by atoms with Crippen molar-refractivity contribution in [1.29, 1.82) is 0 Å². The number of amides is 2. The van der Waals surface area contributed by atoms with Crippen molar-refractivity contribution in [3.05, 3.63) is 65.3 Å². The van der Waals surface area contributed by atoms with Gasteiger partial charge in [0.15, 0.2) is 0 Å². The number of aromatic nitrogens is 1. The van der Waals surface area contributed by atoms with Crippen LogP contribution in [-0.2, 0) is 16.0 Å². The van der Waals surface area contributed by atoms with Crippen LogP contribution in [0.1, 0.15) is 18.4 Å². The van der Waals surface area contributed by atoms with Gasteiger partial charge in [-0.05, 0) is 42.7 Å². The number of carbonyl (C=O) groups excluding carboxylic acids is 2. The molecular formula is C22H22ClN3O2. The summed E-state index contributed by atoms with van der Waals surface area (Å²) in [5.41, 5.74) is 2.70. The lowest BCUT2D eigenvalue weighted by Crippen LogP contribution is -2.44. The molecule has 5 nitrogen and oxygen atoms in total. The molecule has 0 radical (unpaired) electrons. The Bertz CT molecular complexity index is 1010. The number of rotatable bonds is 4. The summed E-state index contributed by atoms with van der Waals surface area (Å²) in [6.45, 7) is 1.15. The number of hydrogen-bond donors (Lipinski definition) is 2. The molecule has 3 aromatic rings. The highest BCUT2D eigenvalue weighted by molar-refractivity contribution is 6.30. The molecule has 1 fully saturated rings. The van der Waals surface area contributed by atoms with Crippen molar-refractivity contribution in [3.8, 4) is 0 Å². The van der Waals surface area contributed by atoms with Gasteiger partial charge >= 0.3 is 0 Å². The van der Waals surface area contributed by atoms with Crippen molar-refractivity contribution in [2.45, 2.75) is 19.3 Å². The summed E-state index contributed by atoms with van der Waals surface area (Å²) in [5, 5.41) is 4.57. The summed E-state index contributed by atoms with van der Waals surface area (Å²) in [5.74, 6) is -0.212. The molecule has 0 spiro atoms. The number of likely N-dealkylation sites (tertiary alicyclic amines) is 1. The smallest absolute Gasteiger partial charge is 0.229 e. The molecule has 0 bridgehead atoms. The van der Waals surface area contributed by atoms with Crippen LogP contribution in [0.3, 0.4) is 0 Å². The Morgan fingerprint density at radius 1 is 1.18 bits per heavy atom. The molecule has 1 atom stereocenters. The highest BCUT2D eigenvalue weighted by atomic mass is 35.5. The molecule has 28 heavy (non-hydrogen) atoms. The Morgan fingerprint density at radius 2 is 2.04 bits per heavy atom. The number of para-hydroxylation sites is 1. The van der Waals surface area contributed by atoms with E-state index >= 15 is 0 Å².